The maximum atomic E-state index is 12.5. The van der Waals surface area contributed by atoms with E-state index in [0.29, 0.717) is 17.9 Å². The Kier molecular flexibility index (Phi) is 8.41. The highest BCUT2D eigenvalue weighted by molar-refractivity contribution is 7.98. The number of nitrogens with zero attached hydrogens (tertiary/aromatic N) is 4. The van der Waals surface area contributed by atoms with Gasteiger partial charge in [0.2, 0.25) is 0 Å². The molecule has 1 aromatic carbocycles. The van der Waals surface area contributed by atoms with E-state index in [-0.39, 0.29) is 5.91 Å². The van der Waals surface area contributed by atoms with Gasteiger partial charge in [-0.3, -0.25) is 9.78 Å². The summed E-state index contributed by atoms with van der Waals surface area (Å²) in [6, 6.07) is 13.6. The lowest BCUT2D eigenvalue weighted by molar-refractivity contribution is 0.0951. The van der Waals surface area contributed by atoms with Gasteiger partial charge in [-0.15, -0.1) is 0 Å². The Morgan fingerprint density at radius 1 is 1.06 bits per heavy atom. The van der Waals surface area contributed by atoms with Crippen LogP contribution < -0.4 is 10.2 Å². The predicted molar refractivity (Wildman–Crippen MR) is 126 cm³/mol. The first kappa shape index (κ1) is 22.7. The summed E-state index contributed by atoms with van der Waals surface area (Å²) in [6.07, 6.45) is 5.39. The standard InChI is InChI=1S/C24H29N5OS/c1-4-13-29(3)22-15-21(5-2)27-24(28-22)31-17-19-7-6-8-20(14-19)23(30)26-16-18-9-11-25-12-10-18/h6-12,14-15H,4-5,13,16-17H2,1-3H3,(H,26,30). The van der Waals surface area contributed by atoms with E-state index >= 15 is 0 Å². The fraction of sp³-hybridized carbons (Fsp3) is 0.333. The molecule has 0 aliphatic heterocycles. The van der Waals surface area contributed by atoms with Gasteiger partial charge in [0, 0.05) is 55.6 Å². The van der Waals surface area contributed by atoms with E-state index in [4.69, 9.17) is 4.98 Å². The van der Waals surface area contributed by atoms with Crippen molar-refractivity contribution in [1.29, 1.82) is 0 Å². The van der Waals surface area contributed by atoms with E-state index < -0.39 is 0 Å². The molecule has 0 aliphatic rings. The van der Waals surface area contributed by atoms with Gasteiger partial charge in [-0.05, 0) is 48.2 Å². The Balaban J connectivity index is 1.64. The van der Waals surface area contributed by atoms with Crippen molar-refractivity contribution in [2.24, 2.45) is 0 Å². The summed E-state index contributed by atoms with van der Waals surface area (Å²) in [5, 5.41) is 3.73. The summed E-state index contributed by atoms with van der Waals surface area (Å²) in [4.78, 5) is 28.1. The molecule has 1 N–H and O–H groups in total. The van der Waals surface area contributed by atoms with Crippen LogP contribution in [0.25, 0.3) is 0 Å². The van der Waals surface area contributed by atoms with E-state index in [1.54, 1.807) is 24.2 Å². The summed E-state index contributed by atoms with van der Waals surface area (Å²) in [7, 11) is 2.06. The highest BCUT2D eigenvalue weighted by atomic mass is 32.2. The molecule has 0 spiro atoms. The van der Waals surface area contributed by atoms with Crippen LogP contribution in [-0.2, 0) is 18.7 Å². The molecule has 0 radical (unpaired) electrons. The second-order valence-electron chi connectivity index (χ2n) is 7.30. The number of carbonyl (C=O) groups excluding carboxylic acids is 1. The van der Waals surface area contributed by atoms with Crippen LogP contribution in [0.15, 0.2) is 60.0 Å². The van der Waals surface area contributed by atoms with Gasteiger partial charge < -0.3 is 10.2 Å². The molecule has 0 atom stereocenters. The van der Waals surface area contributed by atoms with Gasteiger partial charge in [0.15, 0.2) is 5.16 Å². The summed E-state index contributed by atoms with van der Waals surface area (Å²) in [6.45, 7) is 5.70. The van der Waals surface area contributed by atoms with E-state index in [2.05, 4.69) is 47.1 Å². The number of thioether (sulfide) groups is 1. The van der Waals surface area contributed by atoms with Crippen LogP contribution in [0.3, 0.4) is 0 Å². The van der Waals surface area contributed by atoms with E-state index in [1.807, 2.05) is 36.4 Å². The number of rotatable bonds is 10. The number of hydrogen-bond acceptors (Lipinski definition) is 6. The number of amides is 1. The normalized spacial score (nSPS) is 10.7. The van der Waals surface area contributed by atoms with Gasteiger partial charge in [-0.2, -0.15) is 0 Å². The van der Waals surface area contributed by atoms with Gasteiger partial charge in [0.05, 0.1) is 0 Å². The van der Waals surface area contributed by atoms with Crippen LogP contribution in [0, 0.1) is 0 Å². The predicted octanol–water partition coefficient (Wildman–Crippen LogP) is 4.50. The fourth-order valence-corrected chi connectivity index (χ4v) is 3.90. The zero-order valence-electron chi connectivity index (χ0n) is 18.3. The number of aryl methyl sites for hydroxylation is 1. The molecule has 0 saturated carbocycles. The third-order valence-corrected chi connectivity index (χ3v) is 5.74. The first-order valence-corrected chi connectivity index (χ1v) is 11.6. The number of benzene rings is 1. The lowest BCUT2D eigenvalue weighted by Gasteiger charge is -2.18. The maximum Gasteiger partial charge on any atom is 0.251 e. The van der Waals surface area contributed by atoms with Crippen molar-refractivity contribution >= 4 is 23.5 Å². The molecular weight excluding hydrogens is 406 g/mol. The van der Waals surface area contributed by atoms with Gasteiger partial charge in [-0.25, -0.2) is 9.97 Å². The zero-order chi connectivity index (χ0) is 22.1. The van der Waals surface area contributed by atoms with Crippen molar-refractivity contribution in [2.75, 3.05) is 18.5 Å². The number of hydrogen-bond donors (Lipinski definition) is 1. The molecular formula is C24H29N5OS. The summed E-state index contributed by atoms with van der Waals surface area (Å²) in [5.74, 6) is 1.58. The molecule has 0 saturated heterocycles. The SMILES string of the molecule is CCCN(C)c1cc(CC)nc(SCc2cccc(C(=O)NCc3ccncc3)c2)n1. The molecule has 7 heteroatoms. The Hall–Kier alpha value is -2.93. The molecule has 0 unspecified atom stereocenters. The van der Waals surface area contributed by atoms with Crippen molar-refractivity contribution in [2.45, 2.75) is 44.1 Å². The van der Waals surface area contributed by atoms with Crippen LogP contribution in [0.1, 0.15) is 47.4 Å². The van der Waals surface area contributed by atoms with Crippen molar-refractivity contribution in [3.63, 3.8) is 0 Å². The molecule has 0 bridgehead atoms. The molecule has 31 heavy (non-hydrogen) atoms. The zero-order valence-corrected chi connectivity index (χ0v) is 19.2. The number of pyridine rings is 1. The van der Waals surface area contributed by atoms with Crippen molar-refractivity contribution in [3.8, 4) is 0 Å². The Bertz CT molecular complexity index is 996. The summed E-state index contributed by atoms with van der Waals surface area (Å²) in [5.41, 5.74) is 3.78. The fourth-order valence-electron chi connectivity index (χ4n) is 3.09. The third-order valence-electron chi connectivity index (χ3n) is 4.82. The molecule has 3 aromatic rings. The first-order chi connectivity index (χ1) is 15.1. The highest BCUT2D eigenvalue weighted by Crippen LogP contribution is 2.23. The van der Waals surface area contributed by atoms with Gasteiger partial charge in [0.25, 0.3) is 5.91 Å². The van der Waals surface area contributed by atoms with Gasteiger partial charge >= 0.3 is 0 Å². The molecule has 3 rings (SSSR count). The monoisotopic (exact) mass is 435 g/mol. The smallest absolute Gasteiger partial charge is 0.251 e. The molecule has 0 aliphatic carbocycles. The number of anilines is 1. The van der Waals surface area contributed by atoms with Crippen LogP contribution in [0.5, 0.6) is 0 Å². The van der Waals surface area contributed by atoms with Gasteiger partial charge in [0.1, 0.15) is 5.82 Å². The number of aromatic nitrogens is 3. The minimum absolute atomic E-state index is 0.0867. The third kappa shape index (κ3) is 6.79. The van der Waals surface area contributed by atoms with Crippen molar-refractivity contribution in [3.05, 3.63) is 77.2 Å². The van der Waals surface area contributed by atoms with E-state index in [0.717, 1.165) is 47.2 Å². The minimum Gasteiger partial charge on any atom is -0.360 e. The quantitative estimate of drug-likeness (QED) is 0.373. The largest absolute Gasteiger partial charge is 0.360 e. The summed E-state index contributed by atoms with van der Waals surface area (Å²) >= 11 is 1.60. The van der Waals surface area contributed by atoms with Crippen molar-refractivity contribution in [1.82, 2.24) is 20.3 Å². The molecule has 1 amide bonds. The molecule has 6 nitrogen and oxygen atoms in total. The molecule has 2 heterocycles. The molecule has 162 valence electrons. The maximum absolute atomic E-state index is 12.5. The van der Waals surface area contributed by atoms with Crippen LogP contribution in [0.2, 0.25) is 0 Å². The second-order valence-corrected chi connectivity index (χ2v) is 8.24. The second kappa shape index (κ2) is 11.5. The number of carbonyl (C=O) groups is 1. The average Bonchev–Trinajstić information content (AvgIpc) is 2.82. The van der Waals surface area contributed by atoms with Gasteiger partial charge in [-0.1, -0.05) is 37.7 Å². The molecule has 2 aromatic heterocycles. The van der Waals surface area contributed by atoms with Crippen LogP contribution in [0.4, 0.5) is 5.82 Å². The Morgan fingerprint density at radius 3 is 2.61 bits per heavy atom. The lowest BCUT2D eigenvalue weighted by atomic mass is 10.1. The number of nitrogens with one attached hydrogen (secondary N) is 1. The molecule has 0 fully saturated rings. The van der Waals surface area contributed by atoms with Crippen LogP contribution >= 0.6 is 11.8 Å². The average molecular weight is 436 g/mol. The van der Waals surface area contributed by atoms with E-state index in [9.17, 15) is 4.79 Å². The first-order valence-electron chi connectivity index (χ1n) is 10.6. The summed E-state index contributed by atoms with van der Waals surface area (Å²) < 4.78 is 0. The lowest BCUT2D eigenvalue weighted by Crippen LogP contribution is -2.22. The Morgan fingerprint density at radius 2 is 1.87 bits per heavy atom. The highest BCUT2D eigenvalue weighted by Gasteiger charge is 2.10. The topological polar surface area (TPSA) is 71.0 Å². The Labute approximate surface area is 188 Å². The minimum atomic E-state index is -0.0867. The van der Waals surface area contributed by atoms with Crippen molar-refractivity contribution < 1.29 is 4.79 Å². The van der Waals surface area contributed by atoms with E-state index in [1.165, 1.54) is 0 Å². The van der Waals surface area contributed by atoms with Crippen LogP contribution in [-0.4, -0.2) is 34.5 Å².